The summed E-state index contributed by atoms with van der Waals surface area (Å²) in [6, 6.07) is 6.29. The smallest absolute Gasteiger partial charge is 0.119 e. The van der Waals surface area contributed by atoms with Gasteiger partial charge in [0.2, 0.25) is 0 Å². The number of hydrogen-bond acceptors (Lipinski definition) is 3. The van der Waals surface area contributed by atoms with Crippen molar-refractivity contribution in [3.8, 4) is 5.75 Å². The van der Waals surface area contributed by atoms with Crippen molar-refractivity contribution in [3.63, 3.8) is 0 Å². The van der Waals surface area contributed by atoms with E-state index in [1.165, 1.54) is 5.56 Å². The van der Waals surface area contributed by atoms with Crippen LogP contribution in [0.1, 0.15) is 26.3 Å². The van der Waals surface area contributed by atoms with Gasteiger partial charge < -0.3 is 14.8 Å². The van der Waals surface area contributed by atoms with Crippen molar-refractivity contribution in [2.75, 3.05) is 20.8 Å². The molecule has 0 saturated heterocycles. The molecule has 1 atom stereocenters. The minimum Gasteiger partial charge on any atom is -0.497 e. The Morgan fingerprint density at radius 3 is 2.53 bits per heavy atom. The maximum Gasteiger partial charge on any atom is 0.119 e. The summed E-state index contributed by atoms with van der Waals surface area (Å²) in [5, 5.41) is 3.50. The number of halogens is 1. The van der Waals surface area contributed by atoms with E-state index in [4.69, 9.17) is 9.47 Å². The summed E-state index contributed by atoms with van der Waals surface area (Å²) in [5.41, 5.74) is 0.994. The van der Waals surface area contributed by atoms with E-state index in [1.807, 2.05) is 12.1 Å². The van der Waals surface area contributed by atoms with Crippen LogP contribution in [0.4, 0.5) is 0 Å². The van der Waals surface area contributed by atoms with Crippen molar-refractivity contribution in [1.29, 1.82) is 0 Å². The van der Waals surface area contributed by atoms with Crippen LogP contribution in [-0.4, -0.2) is 32.4 Å². The fraction of sp³-hybridized carbons (Fsp3) is 0.600. The van der Waals surface area contributed by atoms with Crippen molar-refractivity contribution >= 4 is 15.9 Å². The van der Waals surface area contributed by atoms with E-state index in [1.54, 1.807) is 14.2 Å². The van der Waals surface area contributed by atoms with Crippen LogP contribution in [0.2, 0.25) is 0 Å². The lowest BCUT2D eigenvalue weighted by molar-refractivity contribution is -0.00965. The SMILES string of the molecule is CCNC(Cc1cc(OC)ccc1Br)C(C)(C)OC. The molecule has 0 aliphatic rings. The van der Waals surface area contributed by atoms with Crippen LogP contribution >= 0.6 is 15.9 Å². The van der Waals surface area contributed by atoms with Gasteiger partial charge in [0.1, 0.15) is 5.75 Å². The number of nitrogens with one attached hydrogen (secondary N) is 1. The van der Waals surface area contributed by atoms with E-state index in [9.17, 15) is 0 Å². The first-order valence-electron chi connectivity index (χ1n) is 6.55. The number of ether oxygens (including phenoxy) is 2. The molecule has 0 aliphatic carbocycles. The van der Waals surface area contributed by atoms with Crippen LogP contribution in [0.3, 0.4) is 0 Å². The second-order valence-electron chi connectivity index (χ2n) is 5.08. The highest BCUT2D eigenvalue weighted by Crippen LogP contribution is 2.26. The molecule has 0 fully saturated rings. The zero-order chi connectivity index (χ0) is 14.5. The Bertz CT molecular complexity index is 407. The third kappa shape index (κ3) is 4.48. The molecule has 0 amide bonds. The molecular formula is C15H24BrNO2. The molecule has 1 unspecified atom stereocenters. The Morgan fingerprint density at radius 2 is 2.00 bits per heavy atom. The van der Waals surface area contributed by atoms with E-state index in [0.29, 0.717) is 0 Å². The highest BCUT2D eigenvalue weighted by molar-refractivity contribution is 9.10. The molecule has 1 rings (SSSR count). The number of rotatable bonds is 7. The Morgan fingerprint density at radius 1 is 1.32 bits per heavy atom. The molecular weight excluding hydrogens is 306 g/mol. The Hall–Kier alpha value is -0.580. The van der Waals surface area contributed by atoms with Crippen LogP contribution in [0, 0.1) is 0 Å². The zero-order valence-electron chi connectivity index (χ0n) is 12.4. The molecule has 1 aromatic carbocycles. The van der Waals surface area contributed by atoms with E-state index in [0.717, 1.165) is 23.2 Å². The van der Waals surface area contributed by atoms with Gasteiger partial charge in [0.25, 0.3) is 0 Å². The van der Waals surface area contributed by atoms with Gasteiger partial charge in [-0.25, -0.2) is 0 Å². The maximum absolute atomic E-state index is 5.61. The summed E-state index contributed by atoms with van der Waals surface area (Å²) in [6.45, 7) is 7.24. The summed E-state index contributed by atoms with van der Waals surface area (Å²) < 4.78 is 12.0. The molecule has 0 spiro atoms. The van der Waals surface area contributed by atoms with Crippen LogP contribution in [0.15, 0.2) is 22.7 Å². The van der Waals surface area contributed by atoms with E-state index in [2.05, 4.69) is 48.1 Å². The molecule has 0 aliphatic heterocycles. The van der Waals surface area contributed by atoms with Gasteiger partial charge in [0.15, 0.2) is 0 Å². The van der Waals surface area contributed by atoms with Crippen molar-refractivity contribution in [2.45, 2.75) is 38.8 Å². The lowest BCUT2D eigenvalue weighted by Gasteiger charge is -2.34. The molecule has 1 N–H and O–H groups in total. The average molecular weight is 330 g/mol. The summed E-state index contributed by atoms with van der Waals surface area (Å²) in [4.78, 5) is 0. The largest absolute Gasteiger partial charge is 0.497 e. The highest BCUT2D eigenvalue weighted by atomic mass is 79.9. The lowest BCUT2D eigenvalue weighted by Crippen LogP contribution is -2.49. The van der Waals surface area contributed by atoms with E-state index in [-0.39, 0.29) is 11.6 Å². The molecule has 108 valence electrons. The fourth-order valence-corrected chi connectivity index (χ4v) is 2.42. The number of benzene rings is 1. The normalized spacial score (nSPS) is 13.4. The summed E-state index contributed by atoms with van der Waals surface area (Å²) in [5.74, 6) is 0.878. The van der Waals surface area contributed by atoms with Gasteiger partial charge in [-0.3, -0.25) is 0 Å². The molecule has 0 saturated carbocycles. The zero-order valence-corrected chi connectivity index (χ0v) is 14.0. The first-order chi connectivity index (χ1) is 8.94. The Labute approximate surface area is 124 Å². The van der Waals surface area contributed by atoms with Crippen LogP contribution in [-0.2, 0) is 11.2 Å². The quantitative estimate of drug-likeness (QED) is 0.831. The topological polar surface area (TPSA) is 30.5 Å². The molecule has 19 heavy (non-hydrogen) atoms. The number of likely N-dealkylation sites (N-methyl/N-ethyl adjacent to an activating group) is 1. The summed E-state index contributed by atoms with van der Waals surface area (Å²) in [7, 11) is 3.44. The van der Waals surface area contributed by atoms with Crippen molar-refractivity contribution in [2.24, 2.45) is 0 Å². The van der Waals surface area contributed by atoms with Gasteiger partial charge >= 0.3 is 0 Å². The summed E-state index contributed by atoms with van der Waals surface area (Å²) in [6.07, 6.45) is 0.881. The minimum absolute atomic E-state index is 0.224. The van der Waals surface area contributed by atoms with Gasteiger partial charge in [-0.05, 0) is 50.6 Å². The monoisotopic (exact) mass is 329 g/mol. The lowest BCUT2D eigenvalue weighted by atomic mass is 9.92. The van der Waals surface area contributed by atoms with E-state index < -0.39 is 0 Å². The molecule has 0 bridgehead atoms. The third-order valence-corrected chi connectivity index (χ3v) is 4.27. The van der Waals surface area contributed by atoms with E-state index >= 15 is 0 Å². The van der Waals surface area contributed by atoms with Crippen molar-refractivity contribution < 1.29 is 9.47 Å². The highest BCUT2D eigenvalue weighted by Gasteiger charge is 2.29. The predicted octanol–water partition coefficient (Wildman–Crippen LogP) is 3.40. The molecule has 4 heteroatoms. The minimum atomic E-state index is -0.224. The van der Waals surface area contributed by atoms with Gasteiger partial charge in [-0.15, -0.1) is 0 Å². The molecule has 1 aromatic rings. The van der Waals surface area contributed by atoms with Crippen LogP contribution in [0.5, 0.6) is 5.75 Å². The Kier molecular flexibility index (Phi) is 6.30. The van der Waals surface area contributed by atoms with Crippen LogP contribution in [0.25, 0.3) is 0 Å². The average Bonchev–Trinajstić information content (AvgIpc) is 2.40. The molecule has 0 heterocycles. The molecule has 0 radical (unpaired) electrons. The fourth-order valence-electron chi connectivity index (χ4n) is 2.01. The van der Waals surface area contributed by atoms with Gasteiger partial charge in [0.05, 0.1) is 12.7 Å². The maximum atomic E-state index is 5.61. The van der Waals surface area contributed by atoms with Gasteiger partial charge in [-0.2, -0.15) is 0 Å². The first-order valence-corrected chi connectivity index (χ1v) is 7.34. The summed E-state index contributed by atoms with van der Waals surface area (Å²) >= 11 is 3.60. The van der Waals surface area contributed by atoms with Gasteiger partial charge in [0, 0.05) is 17.6 Å². The van der Waals surface area contributed by atoms with Crippen molar-refractivity contribution in [1.82, 2.24) is 5.32 Å². The third-order valence-electron chi connectivity index (χ3n) is 3.49. The number of hydrogen-bond donors (Lipinski definition) is 1. The van der Waals surface area contributed by atoms with Crippen LogP contribution < -0.4 is 10.1 Å². The molecule has 0 aromatic heterocycles. The predicted molar refractivity (Wildman–Crippen MR) is 83.0 cm³/mol. The van der Waals surface area contributed by atoms with Gasteiger partial charge in [-0.1, -0.05) is 22.9 Å². The standard InChI is InChI=1S/C15H24BrNO2/c1-6-17-14(15(2,3)19-5)10-11-9-12(18-4)7-8-13(11)16/h7-9,14,17H,6,10H2,1-5H3. The Balaban J connectivity index is 2.96. The van der Waals surface area contributed by atoms with Crippen molar-refractivity contribution in [3.05, 3.63) is 28.2 Å². The second kappa shape index (κ2) is 7.27. The second-order valence-corrected chi connectivity index (χ2v) is 5.93. The number of methoxy groups -OCH3 is 2. The first kappa shape index (κ1) is 16.5. The molecule has 3 nitrogen and oxygen atoms in total.